The first-order valence-corrected chi connectivity index (χ1v) is 7.09. The van der Waals surface area contributed by atoms with Crippen molar-refractivity contribution < 1.29 is 14.0 Å². The highest BCUT2D eigenvalue weighted by Crippen LogP contribution is 2.09. The molecule has 7 heteroatoms. The minimum Gasteiger partial charge on any atom is -0.341 e. The van der Waals surface area contributed by atoms with E-state index in [2.05, 4.69) is 15.6 Å². The lowest BCUT2D eigenvalue weighted by Crippen LogP contribution is -2.45. The van der Waals surface area contributed by atoms with Gasteiger partial charge in [-0.1, -0.05) is 11.8 Å². The van der Waals surface area contributed by atoms with Crippen LogP contribution in [0.3, 0.4) is 0 Å². The third-order valence-corrected chi connectivity index (χ3v) is 3.55. The number of nitrogens with zero attached hydrogens (tertiary/aromatic N) is 1. The summed E-state index contributed by atoms with van der Waals surface area (Å²) < 4.78 is 12.8. The summed E-state index contributed by atoms with van der Waals surface area (Å²) >= 11 is 1.47. The highest BCUT2D eigenvalue weighted by atomic mass is 32.2. The summed E-state index contributed by atoms with van der Waals surface area (Å²) in [5.41, 5.74) is 0.304. The van der Waals surface area contributed by atoms with Crippen molar-refractivity contribution in [2.45, 2.75) is 13.0 Å². The molecule has 0 aliphatic carbocycles. The van der Waals surface area contributed by atoms with E-state index < -0.39 is 17.8 Å². The summed E-state index contributed by atoms with van der Waals surface area (Å²) in [5, 5.41) is 5.78. The van der Waals surface area contributed by atoms with Gasteiger partial charge in [0.1, 0.15) is 11.9 Å². The van der Waals surface area contributed by atoms with Gasteiger partial charge in [0.05, 0.1) is 6.54 Å². The van der Waals surface area contributed by atoms with E-state index in [0.717, 1.165) is 5.75 Å². The van der Waals surface area contributed by atoms with E-state index >= 15 is 0 Å². The standard InChI is InChI=1S/C13H14FN3O2S/c1-8(11(18)17-13-15-6-7-20-13)16-12(19)9-2-4-10(14)5-3-9/h2-5,8H,6-7H2,1H3,(H,16,19)(H,15,17,18). The Morgan fingerprint density at radius 1 is 1.35 bits per heavy atom. The Bertz CT molecular complexity index is 545. The van der Waals surface area contributed by atoms with Gasteiger partial charge in [0.15, 0.2) is 5.17 Å². The fourth-order valence-corrected chi connectivity index (χ4v) is 2.30. The molecule has 106 valence electrons. The Hall–Kier alpha value is -1.89. The molecule has 1 unspecified atom stereocenters. The third-order valence-electron chi connectivity index (χ3n) is 2.66. The van der Waals surface area contributed by atoms with Crippen LogP contribution in [0.1, 0.15) is 17.3 Å². The van der Waals surface area contributed by atoms with Crippen molar-refractivity contribution in [1.29, 1.82) is 0 Å². The van der Waals surface area contributed by atoms with E-state index in [4.69, 9.17) is 0 Å². The Morgan fingerprint density at radius 2 is 2.05 bits per heavy atom. The van der Waals surface area contributed by atoms with Crippen molar-refractivity contribution >= 4 is 28.7 Å². The summed E-state index contributed by atoms with van der Waals surface area (Å²) in [6.45, 7) is 2.27. The molecule has 1 atom stereocenters. The Kier molecular flexibility index (Phi) is 4.73. The van der Waals surface area contributed by atoms with Crippen LogP contribution in [0, 0.1) is 5.82 Å². The van der Waals surface area contributed by atoms with Gasteiger partial charge in [-0.2, -0.15) is 0 Å². The summed E-state index contributed by atoms with van der Waals surface area (Å²) in [4.78, 5) is 27.8. The van der Waals surface area contributed by atoms with Crippen LogP contribution in [0.25, 0.3) is 0 Å². The number of thioether (sulfide) groups is 1. The zero-order valence-corrected chi connectivity index (χ0v) is 11.7. The Balaban J connectivity index is 1.89. The molecular weight excluding hydrogens is 281 g/mol. The number of hydrogen-bond donors (Lipinski definition) is 2. The molecule has 1 aliphatic heterocycles. The second kappa shape index (κ2) is 6.51. The zero-order valence-electron chi connectivity index (χ0n) is 10.9. The van der Waals surface area contributed by atoms with Gasteiger partial charge in [0.25, 0.3) is 5.91 Å². The lowest BCUT2D eigenvalue weighted by atomic mass is 10.2. The first kappa shape index (κ1) is 14.5. The van der Waals surface area contributed by atoms with E-state index in [9.17, 15) is 14.0 Å². The van der Waals surface area contributed by atoms with Crippen molar-refractivity contribution in [3.63, 3.8) is 0 Å². The molecule has 0 fully saturated rings. The van der Waals surface area contributed by atoms with Crippen LogP contribution < -0.4 is 10.6 Å². The number of hydrogen-bond acceptors (Lipinski definition) is 4. The lowest BCUT2D eigenvalue weighted by molar-refractivity contribution is -0.121. The SMILES string of the molecule is CC(NC(=O)c1ccc(F)cc1)C(=O)NC1=NCCS1. The fourth-order valence-electron chi connectivity index (χ4n) is 1.57. The molecule has 2 rings (SSSR count). The predicted octanol–water partition coefficient (Wildman–Crippen LogP) is 1.16. The van der Waals surface area contributed by atoms with Crippen LogP contribution in [0.15, 0.2) is 29.3 Å². The molecular formula is C13H14FN3O2S. The van der Waals surface area contributed by atoms with Crippen molar-refractivity contribution in [3.8, 4) is 0 Å². The topological polar surface area (TPSA) is 70.6 Å². The maximum atomic E-state index is 12.8. The van der Waals surface area contributed by atoms with Gasteiger partial charge in [-0.3, -0.25) is 14.6 Å². The average Bonchev–Trinajstić information content (AvgIpc) is 2.92. The van der Waals surface area contributed by atoms with Gasteiger partial charge in [0, 0.05) is 11.3 Å². The van der Waals surface area contributed by atoms with Crippen molar-refractivity contribution in [3.05, 3.63) is 35.6 Å². The van der Waals surface area contributed by atoms with Crippen molar-refractivity contribution in [2.75, 3.05) is 12.3 Å². The number of amidine groups is 1. The molecule has 0 radical (unpaired) electrons. The number of carbonyl (C=O) groups is 2. The largest absolute Gasteiger partial charge is 0.341 e. The van der Waals surface area contributed by atoms with Gasteiger partial charge >= 0.3 is 0 Å². The van der Waals surface area contributed by atoms with E-state index in [1.54, 1.807) is 6.92 Å². The number of aliphatic imine (C=N–C) groups is 1. The van der Waals surface area contributed by atoms with E-state index in [0.29, 0.717) is 17.3 Å². The predicted molar refractivity (Wildman–Crippen MR) is 76.2 cm³/mol. The highest BCUT2D eigenvalue weighted by Gasteiger charge is 2.19. The molecule has 2 N–H and O–H groups in total. The Labute approximate surface area is 120 Å². The molecule has 0 aromatic heterocycles. The molecule has 0 spiro atoms. The molecule has 1 aliphatic rings. The molecule has 5 nitrogen and oxygen atoms in total. The molecule has 1 aromatic carbocycles. The minimum absolute atomic E-state index is 0.304. The quantitative estimate of drug-likeness (QED) is 0.879. The molecule has 1 heterocycles. The summed E-state index contributed by atoms with van der Waals surface area (Å²) in [5.74, 6) is -0.308. The number of amides is 2. The van der Waals surface area contributed by atoms with Crippen LogP contribution >= 0.6 is 11.8 Å². The van der Waals surface area contributed by atoms with Crippen LogP contribution in [-0.2, 0) is 4.79 Å². The molecule has 1 aromatic rings. The monoisotopic (exact) mass is 295 g/mol. The molecule has 2 amide bonds. The van der Waals surface area contributed by atoms with Crippen molar-refractivity contribution in [1.82, 2.24) is 10.6 Å². The molecule has 0 bridgehead atoms. The van der Waals surface area contributed by atoms with E-state index in [-0.39, 0.29) is 5.91 Å². The smallest absolute Gasteiger partial charge is 0.251 e. The summed E-state index contributed by atoms with van der Waals surface area (Å²) in [6, 6.07) is 4.43. The van der Waals surface area contributed by atoms with Crippen LogP contribution in [0.5, 0.6) is 0 Å². The lowest BCUT2D eigenvalue weighted by Gasteiger charge is -2.13. The number of carbonyl (C=O) groups excluding carboxylic acids is 2. The maximum Gasteiger partial charge on any atom is 0.251 e. The van der Waals surface area contributed by atoms with E-state index in [1.807, 2.05) is 0 Å². The van der Waals surface area contributed by atoms with Gasteiger partial charge < -0.3 is 10.6 Å². The molecule has 20 heavy (non-hydrogen) atoms. The van der Waals surface area contributed by atoms with Crippen LogP contribution in [0.2, 0.25) is 0 Å². The van der Waals surface area contributed by atoms with E-state index in [1.165, 1.54) is 36.0 Å². The summed E-state index contributed by atoms with van der Waals surface area (Å²) in [6.07, 6.45) is 0. The van der Waals surface area contributed by atoms with Gasteiger partial charge in [-0.15, -0.1) is 0 Å². The van der Waals surface area contributed by atoms with Crippen molar-refractivity contribution in [2.24, 2.45) is 4.99 Å². The van der Waals surface area contributed by atoms with Gasteiger partial charge in [-0.05, 0) is 31.2 Å². The second-order valence-electron chi connectivity index (χ2n) is 4.23. The second-order valence-corrected chi connectivity index (χ2v) is 5.31. The van der Waals surface area contributed by atoms with Gasteiger partial charge in [0.2, 0.25) is 5.91 Å². The van der Waals surface area contributed by atoms with Crippen LogP contribution in [-0.4, -0.2) is 35.3 Å². The first-order chi connectivity index (χ1) is 9.56. The third kappa shape index (κ3) is 3.80. The average molecular weight is 295 g/mol. The normalized spacial score (nSPS) is 15.4. The summed E-state index contributed by atoms with van der Waals surface area (Å²) in [7, 11) is 0. The number of benzene rings is 1. The zero-order chi connectivity index (χ0) is 14.5. The first-order valence-electron chi connectivity index (χ1n) is 6.11. The number of rotatable bonds is 3. The highest BCUT2D eigenvalue weighted by molar-refractivity contribution is 8.14. The minimum atomic E-state index is -0.698. The number of halogens is 1. The van der Waals surface area contributed by atoms with Gasteiger partial charge in [-0.25, -0.2) is 4.39 Å². The fraction of sp³-hybridized carbons (Fsp3) is 0.308. The van der Waals surface area contributed by atoms with Crippen LogP contribution in [0.4, 0.5) is 4.39 Å². The maximum absolute atomic E-state index is 12.8. The number of nitrogens with one attached hydrogen (secondary N) is 2. The Morgan fingerprint density at radius 3 is 2.65 bits per heavy atom. The molecule has 0 saturated carbocycles. The molecule has 0 saturated heterocycles.